The topological polar surface area (TPSA) is 50.7 Å². The molecule has 0 saturated heterocycles. The fourth-order valence-corrected chi connectivity index (χ4v) is 1.64. The predicted molar refractivity (Wildman–Crippen MR) is 54.9 cm³/mol. The van der Waals surface area contributed by atoms with Crippen LogP contribution in [-0.4, -0.2) is 21.3 Å². The Labute approximate surface area is 82.9 Å². The van der Waals surface area contributed by atoms with E-state index in [0.29, 0.717) is 5.41 Å². The van der Waals surface area contributed by atoms with Crippen molar-refractivity contribution in [2.45, 2.75) is 33.6 Å². The summed E-state index contributed by atoms with van der Waals surface area (Å²) >= 11 is 1.30. The number of hydrogen-bond acceptors (Lipinski definition) is 5. The molecule has 0 aliphatic rings. The SMILES string of the molecule is CCCC(C)(C)CNc1nnns1. The summed E-state index contributed by atoms with van der Waals surface area (Å²) in [4.78, 5) is 0. The molecule has 1 aromatic rings. The Kier molecular flexibility index (Phi) is 3.59. The third kappa shape index (κ3) is 3.67. The number of hydrogen-bond donors (Lipinski definition) is 1. The van der Waals surface area contributed by atoms with Crippen molar-refractivity contribution in [2.75, 3.05) is 11.9 Å². The third-order valence-corrected chi connectivity index (χ3v) is 2.50. The Morgan fingerprint density at radius 3 is 2.77 bits per heavy atom. The zero-order chi connectivity index (χ0) is 9.73. The van der Waals surface area contributed by atoms with Crippen molar-refractivity contribution < 1.29 is 0 Å². The van der Waals surface area contributed by atoms with Crippen LogP contribution in [0.5, 0.6) is 0 Å². The van der Waals surface area contributed by atoms with Gasteiger partial charge >= 0.3 is 0 Å². The molecule has 5 heteroatoms. The second kappa shape index (κ2) is 4.50. The molecule has 0 aromatic carbocycles. The molecule has 0 fully saturated rings. The highest BCUT2D eigenvalue weighted by Crippen LogP contribution is 2.22. The zero-order valence-electron chi connectivity index (χ0n) is 8.37. The van der Waals surface area contributed by atoms with E-state index < -0.39 is 0 Å². The zero-order valence-corrected chi connectivity index (χ0v) is 9.19. The summed E-state index contributed by atoms with van der Waals surface area (Å²) in [5.41, 5.74) is 0.320. The van der Waals surface area contributed by atoms with Gasteiger partial charge in [0.05, 0.1) is 0 Å². The first-order chi connectivity index (χ1) is 6.14. The average Bonchev–Trinajstić information content (AvgIpc) is 2.52. The second-order valence-corrected chi connectivity index (χ2v) is 4.67. The highest BCUT2D eigenvalue weighted by Gasteiger charge is 2.16. The maximum absolute atomic E-state index is 3.83. The largest absolute Gasteiger partial charge is 0.358 e. The lowest BCUT2D eigenvalue weighted by molar-refractivity contribution is 0.354. The van der Waals surface area contributed by atoms with Crippen LogP contribution in [0.2, 0.25) is 0 Å². The summed E-state index contributed by atoms with van der Waals surface area (Å²) in [6.45, 7) is 7.63. The first kappa shape index (κ1) is 10.4. The van der Waals surface area contributed by atoms with Gasteiger partial charge < -0.3 is 5.32 Å². The summed E-state index contributed by atoms with van der Waals surface area (Å²) in [6.07, 6.45) is 2.43. The van der Waals surface area contributed by atoms with Gasteiger partial charge in [-0.05, 0) is 17.0 Å². The lowest BCUT2D eigenvalue weighted by atomic mass is 9.88. The van der Waals surface area contributed by atoms with Crippen LogP contribution in [0.1, 0.15) is 33.6 Å². The van der Waals surface area contributed by atoms with E-state index in [-0.39, 0.29) is 0 Å². The van der Waals surface area contributed by atoms with Crippen molar-refractivity contribution in [3.8, 4) is 0 Å². The van der Waals surface area contributed by atoms with Gasteiger partial charge in [0.1, 0.15) is 0 Å². The van der Waals surface area contributed by atoms with Crippen molar-refractivity contribution in [1.82, 2.24) is 14.8 Å². The van der Waals surface area contributed by atoms with Gasteiger partial charge in [0.15, 0.2) is 0 Å². The summed E-state index contributed by atoms with van der Waals surface area (Å²) < 4.78 is 3.69. The first-order valence-corrected chi connectivity index (χ1v) is 5.30. The maximum atomic E-state index is 3.83. The van der Waals surface area contributed by atoms with Crippen LogP contribution in [0, 0.1) is 5.41 Å². The molecule has 0 unspecified atom stereocenters. The predicted octanol–water partition coefficient (Wildman–Crippen LogP) is 2.17. The first-order valence-electron chi connectivity index (χ1n) is 4.53. The molecule has 1 heterocycles. The molecule has 0 aliphatic carbocycles. The highest BCUT2D eigenvalue weighted by molar-refractivity contribution is 7.09. The molecule has 4 nitrogen and oxygen atoms in total. The number of nitrogens with one attached hydrogen (secondary N) is 1. The molecule has 0 bridgehead atoms. The van der Waals surface area contributed by atoms with E-state index in [4.69, 9.17) is 0 Å². The van der Waals surface area contributed by atoms with Crippen molar-refractivity contribution in [2.24, 2.45) is 5.41 Å². The van der Waals surface area contributed by atoms with Crippen molar-refractivity contribution >= 4 is 16.7 Å². The number of anilines is 1. The van der Waals surface area contributed by atoms with E-state index in [1.165, 1.54) is 24.4 Å². The Morgan fingerprint density at radius 1 is 1.46 bits per heavy atom. The second-order valence-electron chi connectivity index (χ2n) is 3.94. The van der Waals surface area contributed by atoms with Gasteiger partial charge in [0.2, 0.25) is 5.13 Å². The van der Waals surface area contributed by atoms with Crippen LogP contribution >= 0.6 is 11.5 Å². The van der Waals surface area contributed by atoms with Crippen molar-refractivity contribution in [1.29, 1.82) is 0 Å². The van der Waals surface area contributed by atoms with Crippen LogP contribution < -0.4 is 5.32 Å². The molecular formula is C8H16N4S. The van der Waals surface area contributed by atoms with E-state index in [1.807, 2.05) is 0 Å². The van der Waals surface area contributed by atoms with E-state index in [2.05, 4.69) is 40.9 Å². The van der Waals surface area contributed by atoms with Crippen LogP contribution in [0.4, 0.5) is 5.13 Å². The fraction of sp³-hybridized carbons (Fsp3) is 0.875. The summed E-state index contributed by atoms with van der Waals surface area (Å²) in [6, 6.07) is 0. The van der Waals surface area contributed by atoms with Crippen LogP contribution in [0.15, 0.2) is 0 Å². The Bertz CT molecular complexity index is 232. The lowest BCUT2D eigenvalue weighted by Gasteiger charge is -2.23. The van der Waals surface area contributed by atoms with Gasteiger partial charge in [0, 0.05) is 18.1 Å². The molecule has 1 aromatic heterocycles. The minimum absolute atomic E-state index is 0.320. The number of rotatable bonds is 5. The molecular weight excluding hydrogens is 184 g/mol. The summed E-state index contributed by atoms with van der Waals surface area (Å²) in [5, 5.41) is 11.4. The van der Waals surface area contributed by atoms with Crippen LogP contribution in [0.25, 0.3) is 0 Å². The number of nitrogens with zero attached hydrogens (tertiary/aromatic N) is 3. The quantitative estimate of drug-likeness (QED) is 0.791. The molecule has 0 saturated carbocycles. The average molecular weight is 200 g/mol. The Hall–Kier alpha value is -0.710. The van der Waals surface area contributed by atoms with Crippen molar-refractivity contribution in [3.63, 3.8) is 0 Å². The van der Waals surface area contributed by atoms with Gasteiger partial charge in [-0.2, -0.15) is 0 Å². The maximum Gasteiger partial charge on any atom is 0.225 e. The van der Waals surface area contributed by atoms with E-state index in [0.717, 1.165) is 11.7 Å². The monoisotopic (exact) mass is 200 g/mol. The Balaban J connectivity index is 2.33. The van der Waals surface area contributed by atoms with Gasteiger partial charge in [0.25, 0.3) is 0 Å². The molecule has 13 heavy (non-hydrogen) atoms. The molecule has 0 atom stereocenters. The molecule has 1 N–H and O–H groups in total. The smallest absolute Gasteiger partial charge is 0.225 e. The summed E-state index contributed by atoms with van der Waals surface area (Å²) in [7, 11) is 0. The van der Waals surface area contributed by atoms with Crippen molar-refractivity contribution in [3.05, 3.63) is 0 Å². The van der Waals surface area contributed by atoms with Gasteiger partial charge in [-0.15, -0.1) is 0 Å². The lowest BCUT2D eigenvalue weighted by Crippen LogP contribution is -2.22. The van der Waals surface area contributed by atoms with Crippen LogP contribution in [-0.2, 0) is 0 Å². The molecule has 1 rings (SSSR count). The number of aromatic nitrogens is 3. The van der Waals surface area contributed by atoms with E-state index >= 15 is 0 Å². The third-order valence-electron chi connectivity index (χ3n) is 1.94. The normalized spacial score (nSPS) is 11.6. The molecule has 74 valence electrons. The van der Waals surface area contributed by atoms with Gasteiger partial charge in [-0.25, -0.2) is 0 Å². The Morgan fingerprint density at radius 2 is 2.23 bits per heavy atom. The minimum atomic E-state index is 0.320. The standard InChI is InChI=1S/C8H16N4S/c1-4-5-8(2,3)6-9-7-10-11-12-13-7/h4-6H2,1-3H3,(H,9,10,12). The fourth-order valence-electron chi connectivity index (χ4n) is 1.28. The molecule has 0 aliphatic heterocycles. The highest BCUT2D eigenvalue weighted by atomic mass is 32.1. The van der Waals surface area contributed by atoms with E-state index in [1.54, 1.807) is 0 Å². The van der Waals surface area contributed by atoms with E-state index in [9.17, 15) is 0 Å². The van der Waals surface area contributed by atoms with Gasteiger partial charge in [-0.3, -0.25) is 0 Å². The van der Waals surface area contributed by atoms with Crippen LogP contribution in [0.3, 0.4) is 0 Å². The molecule has 0 amide bonds. The van der Waals surface area contributed by atoms with Gasteiger partial charge in [-0.1, -0.05) is 36.8 Å². The molecule has 0 spiro atoms. The molecule has 0 radical (unpaired) electrons. The summed E-state index contributed by atoms with van der Waals surface area (Å²) in [5.74, 6) is 0. The minimum Gasteiger partial charge on any atom is -0.358 e.